The molecule has 0 saturated carbocycles. The van der Waals surface area contributed by atoms with Gasteiger partial charge in [0.05, 0.1) is 0 Å². The van der Waals surface area contributed by atoms with Crippen LogP contribution >= 0.6 is 0 Å². The molecule has 0 aromatic carbocycles. The van der Waals surface area contributed by atoms with Crippen LogP contribution in [0.4, 0.5) is 0 Å². The van der Waals surface area contributed by atoms with Gasteiger partial charge in [-0.2, -0.15) is 0 Å². The van der Waals surface area contributed by atoms with Crippen LogP contribution in [-0.4, -0.2) is 13.6 Å². The van der Waals surface area contributed by atoms with Crippen molar-refractivity contribution in [1.29, 1.82) is 0 Å². The first-order valence-corrected chi connectivity index (χ1v) is 2.67. The Balaban J connectivity index is 2.68. The van der Waals surface area contributed by atoms with Gasteiger partial charge in [-0.3, -0.25) is 0 Å². The lowest BCUT2D eigenvalue weighted by Crippen LogP contribution is -2.09. The molecule has 1 nitrogen and oxygen atoms in total. The molecule has 1 atom stereocenters. The zero-order valence-corrected chi connectivity index (χ0v) is 5.07. The van der Waals surface area contributed by atoms with Crippen LogP contribution in [0, 0.1) is 12.8 Å². The molecular formula is C6H13N. The third kappa shape index (κ3) is 5.96. The standard InChI is InChI=1S/C6H13N/c1-6(2)4-5-7-3/h1,6-7H,4-5H2,2-3H3. The van der Waals surface area contributed by atoms with Crippen LogP contribution in [0.15, 0.2) is 0 Å². The number of hydrogen-bond donors (Lipinski definition) is 1. The van der Waals surface area contributed by atoms with E-state index in [9.17, 15) is 0 Å². The van der Waals surface area contributed by atoms with Gasteiger partial charge in [-0.05, 0) is 32.9 Å². The van der Waals surface area contributed by atoms with E-state index in [0.717, 1.165) is 13.0 Å². The molecule has 0 aliphatic rings. The van der Waals surface area contributed by atoms with Crippen molar-refractivity contribution in [2.24, 2.45) is 5.92 Å². The molecule has 7 heavy (non-hydrogen) atoms. The molecular weight excluding hydrogens is 86.1 g/mol. The zero-order valence-electron chi connectivity index (χ0n) is 5.07. The van der Waals surface area contributed by atoms with Crippen LogP contribution in [0.25, 0.3) is 0 Å². The van der Waals surface area contributed by atoms with Gasteiger partial charge in [0.1, 0.15) is 0 Å². The molecule has 1 heteroatoms. The van der Waals surface area contributed by atoms with Crippen LogP contribution in [0.5, 0.6) is 0 Å². The SMILES string of the molecule is [CH]C(C)CCNC. The Kier molecular flexibility index (Phi) is 4.10. The van der Waals surface area contributed by atoms with Gasteiger partial charge in [0.15, 0.2) is 0 Å². The summed E-state index contributed by atoms with van der Waals surface area (Å²) in [6.45, 7) is 8.48. The summed E-state index contributed by atoms with van der Waals surface area (Å²) in [6, 6.07) is 0. The van der Waals surface area contributed by atoms with Gasteiger partial charge in [-0.1, -0.05) is 6.92 Å². The van der Waals surface area contributed by atoms with Gasteiger partial charge in [-0.25, -0.2) is 0 Å². The lowest BCUT2D eigenvalue weighted by molar-refractivity contribution is 0.608. The Morgan fingerprint density at radius 2 is 2.29 bits per heavy atom. The molecule has 2 radical (unpaired) electrons. The fraction of sp³-hybridized carbons (Fsp3) is 0.833. The quantitative estimate of drug-likeness (QED) is 0.555. The molecule has 0 saturated heterocycles. The summed E-state index contributed by atoms with van der Waals surface area (Å²) in [6.07, 6.45) is 1.07. The average molecular weight is 99.2 g/mol. The fourth-order valence-corrected chi connectivity index (χ4v) is 0.372. The monoisotopic (exact) mass is 99.1 g/mol. The minimum Gasteiger partial charge on any atom is -0.320 e. The molecule has 0 bridgehead atoms. The maximum atomic E-state index is 5.44. The number of hydrogen-bond acceptors (Lipinski definition) is 1. The average Bonchev–Trinajstić information content (AvgIpc) is 1.61. The van der Waals surface area contributed by atoms with Gasteiger partial charge in [0, 0.05) is 0 Å². The van der Waals surface area contributed by atoms with E-state index in [1.165, 1.54) is 0 Å². The van der Waals surface area contributed by atoms with Crippen molar-refractivity contribution in [2.45, 2.75) is 13.3 Å². The Hall–Kier alpha value is -0.0400. The van der Waals surface area contributed by atoms with Crippen molar-refractivity contribution in [3.8, 4) is 0 Å². The van der Waals surface area contributed by atoms with E-state index < -0.39 is 0 Å². The van der Waals surface area contributed by atoms with Crippen molar-refractivity contribution in [3.05, 3.63) is 6.92 Å². The van der Waals surface area contributed by atoms with Crippen LogP contribution < -0.4 is 5.32 Å². The number of nitrogens with one attached hydrogen (secondary N) is 1. The largest absolute Gasteiger partial charge is 0.320 e. The summed E-state index contributed by atoms with van der Waals surface area (Å²) < 4.78 is 0. The molecule has 0 fully saturated rings. The first kappa shape index (κ1) is 6.96. The lowest BCUT2D eigenvalue weighted by atomic mass is 10.1. The molecule has 0 aromatic heterocycles. The third-order valence-corrected chi connectivity index (χ3v) is 0.850. The fourth-order valence-electron chi connectivity index (χ4n) is 0.372. The molecule has 0 aromatic rings. The van der Waals surface area contributed by atoms with E-state index in [0.29, 0.717) is 5.92 Å². The summed E-state index contributed by atoms with van der Waals surface area (Å²) in [5.41, 5.74) is 0. The van der Waals surface area contributed by atoms with Crippen LogP contribution in [0.1, 0.15) is 13.3 Å². The Bertz CT molecular complexity index is 33.2. The minimum absolute atomic E-state index is 0.340. The second-order valence-electron chi connectivity index (χ2n) is 1.87. The summed E-state index contributed by atoms with van der Waals surface area (Å²) in [5, 5.41) is 3.02. The van der Waals surface area contributed by atoms with E-state index in [1.54, 1.807) is 0 Å². The molecule has 0 heterocycles. The van der Waals surface area contributed by atoms with Gasteiger partial charge in [-0.15, -0.1) is 0 Å². The first-order valence-electron chi connectivity index (χ1n) is 2.67. The molecule has 0 aliphatic carbocycles. The van der Waals surface area contributed by atoms with Crippen molar-refractivity contribution in [2.75, 3.05) is 13.6 Å². The zero-order chi connectivity index (χ0) is 5.70. The van der Waals surface area contributed by atoms with Crippen LogP contribution in [-0.2, 0) is 0 Å². The maximum absolute atomic E-state index is 5.44. The molecule has 0 aliphatic heterocycles. The van der Waals surface area contributed by atoms with Crippen molar-refractivity contribution in [1.82, 2.24) is 5.32 Å². The van der Waals surface area contributed by atoms with E-state index in [2.05, 4.69) is 5.32 Å². The Morgan fingerprint density at radius 1 is 1.71 bits per heavy atom. The van der Waals surface area contributed by atoms with E-state index in [-0.39, 0.29) is 0 Å². The summed E-state index contributed by atoms with van der Waals surface area (Å²) in [5.74, 6) is 0.340. The second-order valence-corrected chi connectivity index (χ2v) is 1.87. The lowest BCUT2D eigenvalue weighted by Gasteiger charge is -1.99. The smallest absolute Gasteiger partial charge is 0.00493 e. The molecule has 42 valence electrons. The predicted molar refractivity (Wildman–Crippen MR) is 32.0 cm³/mol. The van der Waals surface area contributed by atoms with Crippen LogP contribution in [0.2, 0.25) is 0 Å². The molecule has 0 amide bonds. The van der Waals surface area contributed by atoms with E-state index in [1.807, 2.05) is 14.0 Å². The highest BCUT2D eigenvalue weighted by atomic mass is 14.8. The Morgan fingerprint density at radius 3 is 2.43 bits per heavy atom. The molecule has 0 spiro atoms. The van der Waals surface area contributed by atoms with Crippen molar-refractivity contribution in [3.63, 3.8) is 0 Å². The van der Waals surface area contributed by atoms with Crippen molar-refractivity contribution < 1.29 is 0 Å². The first-order chi connectivity index (χ1) is 3.27. The predicted octanol–water partition coefficient (Wildman–Crippen LogP) is 0.943. The van der Waals surface area contributed by atoms with E-state index in [4.69, 9.17) is 6.92 Å². The molecule has 1 N–H and O–H groups in total. The third-order valence-electron chi connectivity index (χ3n) is 0.850. The highest BCUT2D eigenvalue weighted by Gasteiger charge is 1.88. The van der Waals surface area contributed by atoms with Gasteiger partial charge >= 0.3 is 0 Å². The van der Waals surface area contributed by atoms with E-state index >= 15 is 0 Å². The van der Waals surface area contributed by atoms with Crippen LogP contribution in [0.3, 0.4) is 0 Å². The Labute approximate surface area is 46.1 Å². The summed E-state index contributed by atoms with van der Waals surface area (Å²) >= 11 is 0. The highest BCUT2D eigenvalue weighted by Crippen LogP contribution is 1.94. The molecule has 0 rings (SSSR count). The second kappa shape index (κ2) is 4.13. The normalized spacial score (nSPS) is 10.3. The number of rotatable bonds is 3. The van der Waals surface area contributed by atoms with Gasteiger partial charge in [0.25, 0.3) is 0 Å². The summed E-state index contributed by atoms with van der Waals surface area (Å²) in [7, 11) is 1.93. The highest BCUT2D eigenvalue weighted by molar-refractivity contribution is 4.53. The minimum atomic E-state index is 0.340. The molecule has 1 unspecified atom stereocenters. The van der Waals surface area contributed by atoms with Gasteiger partial charge < -0.3 is 5.32 Å². The van der Waals surface area contributed by atoms with Crippen molar-refractivity contribution >= 4 is 0 Å². The summed E-state index contributed by atoms with van der Waals surface area (Å²) in [4.78, 5) is 0. The topological polar surface area (TPSA) is 12.0 Å². The van der Waals surface area contributed by atoms with Gasteiger partial charge in [0.2, 0.25) is 0 Å². The maximum Gasteiger partial charge on any atom is -0.00493 e.